The number of carbonyl (C=O) groups is 2. The van der Waals surface area contributed by atoms with Gasteiger partial charge in [-0.25, -0.2) is 4.39 Å². The van der Waals surface area contributed by atoms with Gasteiger partial charge >= 0.3 is 0 Å². The molecule has 1 aromatic heterocycles. The fraction of sp³-hybridized carbons (Fsp3) is 0.389. The van der Waals surface area contributed by atoms with E-state index in [9.17, 15) is 14.0 Å². The van der Waals surface area contributed by atoms with Crippen LogP contribution in [0.3, 0.4) is 0 Å². The normalized spacial score (nSPS) is 19.9. The molecule has 1 fully saturated rings. The first-order chi connectivity index (χ1) is 12.4. The van der Waals surface area contributed by atoms with Crippen LogP contribution < -0.4 is 5.32 Å². The van der Waals surface area contributed by atoms with Crippen LogP contribution in [0.25, 0.3) is 0 Å². The van der Waals surface area contributed by atoms with Gasteiger partial charge in [0.15, 0.2) is 0 Å². The molecule has 0 unspecified atom stereocenters. The third-order valence-corrected chi connectivity index (χ3v) is 5.50. The molecule has 0 aliphatic carbocycles. The summed E-state index contributed by atoms with van der Waals surface area (Å²) in [5.41, 5.74) is 1.16. The Morgan fingerprint density at radius 3 is 2.88 bits per heavy atom. The lowest BCUT2D eigenvalue weighted by Crippen LogP contribution is -2.54. The molecule has 2 amide bonds. The average molecular weight is 377 g/mol. The van der Waals surface area contributed by atoms with Crippen molar-refractivity contribution in [1.29, 1.82) is 0 Å². The van der Waals surface area contributed by atoms with E-state index in [1.807, 2.05) is 0 Å². The summed E-state index contributed by atoms with van der Waals surface area (Å²) >= 11 is 1.38. The van der Waals surface area contributed by atoms with Crippen molar-refractivity contribution in [3.63, 3.8) is 0 Å². The Bertz CT molecular complexity index is 810. The van der Waals surface area contributed by atoms with Crippen LogP contribution in [0.2, 0.25) is 0 Å². The summed E-state index contributed by atoms with van der Waals surface area (Å²) < 4.78 is 18.8. The summed E-state index contributed by atoms with van der Waals surface area (Å²) in [6.45, 7) is 2.10. The molecule has 26 heavy (non-hydrogen) atoms. The van der Waals surface area contributed by atoms with Crippen molar-refractivity contribution in [2.45, 2.75) is 31.2 Å². The number of thioether (sulfide) groups is 1. The summed E-state index contributed by atoms with van der Waals surface area (Å²) in [5, 5.41) is 6.23. The molecule has 1 N–H and O–H groups in total. The minimum atomic E-state index is -0.595. The number of benzene rings is 1. The molecule has 1 aromatic carbocycles. The molecule has 138 valence electrons. The molecule has 0 bridgehead atoms. The Hall–Kier alpha value is -2.35. The SMILES string of the molecule is Cc1cc(CN(C)C(=O)[C@@H]2CS[C@@H](Cc3ccccc3F)C(=O)N2)no1. The third-order valence-electron chi connectivity index (χ3n) is 4.19. The molecule has 0 spiro atoms. The van der Waals surface area contributed by atoms with Gasteiger partial charge in [-0.1, -0.05) is 23.4 Å². The zero-order valence-corrected chi connectivity index (χ0v) is 15.4. The smallest absolute Gasteiger partial charge is 0.246 e. The van der Waals surface area contributed by atoms with E-state index in [4.69, 9.17) is 4.52 Å². The second-order valence-corrected chi connectivity index (χ2v) is 7.54. The number of aromatic nitrogens is 1. The van der Waals surface area contributed by atoms with E-state index in [0.29, 0.717) is 35.7 Å². The maximum Gasteiger partial charge on any atom is 0.246 e. The predicted octanol–water partition coefficient (Wildman–Crippen LogP) is 1.92. The fourth-order valence-corrected chi connectivity index (χ4v) is 3.99. The Morgan fingerprint density at radius 1 is 1.46 bits per heavy atom. The van der Waals surface area contributed by atoms with Gasteiger partial charge < -0.3 is 14.7 Å². The molecule has 1 aliphatic heterocycles. The maximum absolute atomic E-state index is 13.8. The van der Waals surface area contributed by atoms with Gasteiger partial charge in [0.1, 0.15) is 23.3 Å². The van der Waals surface area contributed by atoms with Gasteiger partial charge in [-0.05, 0) is 25.0 Å². The van der Waals surface area contributed by atoms with E-state index in [1.165, 1.54) is 22.7 Å². The highest BCUT2D eigenvalue weighted by molar-refractivity contribution is 8.00. The molecular formula is C18H20FN3O3S. The van der Waals surface area contributed by atoms with Crippen molar-refractivity contribution in [2.24, 2.45) is 0 Å². The molecule has 2 aromatic rings. The molecule has 6 nitrogen and oxygen atoms in total. The van der Waals surface area contributed by atoms with Gasteiger partial charge in [0, 0.05) is 18.9 Å². The topological polar surface area (TPSA) is 75.4 Å². The van der Waals surface area contributed by atoms with Crippen LogP contribution in [0, 0.1) is 12.7 Å². The van der Waals surface area contributed by atoms with E-state index in [-0.39, 0.29) is 17.6 Å². The molecule has 2 heterocycles. The number of hydrogen-bond donors (Lipinski definition) is 1. The summed E-state index contributed by atoms with van der Waals surface area (Å²) in [6.07, 6.45) is 0.304. The van der Waals surface area contributed by atoms with E-state index < -0.39 is 11.3 Å². The highest BCUT2D eigenvalue weighted by Gasteiger charge is 2.34. The van der Waals surface area contributed by atoms with E-state index in [2.05, 4.69) is 10.5 Å². The number of likely N-dealkylation sites (N-methyl/N-ethyl adjacent to an activating group) is 1. The summed E-state index contributed by atoms with van der Waals surface area (Å²) in [6, 6.07) is 7.59. The number of rotatable bonds is 5. The van der Waals surface area contributed by atoms with Gasteiger partial charge in [0.25, 0.3) is 0 Å². The van der Waals surface area contributed by atoms with Gasteiger partial charge in [-0.15, -0.1) is 11.8 Å². The Morgan fingerprint density at radius 2 is 2.23 bits per heavy atom. The first-order valence-electron chi connectivity index (χ1n) is 8.26. The Labute approximate surface area is 155 Å². The number of nitrogens with zero attached hydrogens (tertiary/aromatic N) is 2. The van der Waals surface area contributed by atoms with Gasteiger partial charge in [-0.2, -0.15) is 0 Å². The van der Waals surface area contributed by atoms with Crippen molar-refractivity contribution in [2.75, 3.05) is 12.8 Å². The molecule has 1 saturated heterocycles. The average Bonchev–Trinajstić information content (AvgIpc) is 3.02. The van der Waals surface area contributed by atoms with Crippen LogP contribution in [0.4, 0.5) is 4.39 Å². The molecule has 0 saturated carbocycles. The molecule has 3 rings (SSSR count). The molecule has 8 heteroatoms. The van der Waals surface area contributed by atoms with Crippen molar-refractivity contribution >= 4 is 23.6 Å². The van der Waals surface area contributed by atoms with Crippen molar-refractivity contribution < 1.29 is 18.5 Å². The Balaban J connectivity index is 1.56. The van der Waals surface area contributed by atoms with Crippen LogP contribution in [-0.2, 0) is 22.6 Å². The lowest BCUT2D eigenvalue weighted by atomic mass is 10.1. The van der Waals surface area contributed by atoms with E-state index >= 15 is 0 Å². The number of carbonyl (C=O) groups excluding carboxylic acids is 2. The molecular weight excluding hydrogens is 357 g/mol. The highest BCUT2D eigenvalue weighted by Crippen LogP contribution is 2.24. The minimum absolute atomic E-state index is 0.184. The fourth-order valence-electron chi connectivity index (χ4n) is 2.82. The van der Waals surface area contributed by atoms with Crippen molar-refractivity contribution in [1.82, 2.24) is 15.4 Å². The third kappa shape index (κ3) is 4.24. The standard InChI is InChI=1S/C18H20FN3O3S/c1-11-7-13(21-25-11)9-22(2)18(24)15-10-26-16(17(23)20-15)8-12-5-3-4-6-14(12)19/h3-7,15-16H,8-10H2,1-2H3,(H,20,23)/t15-,16-/m0/s1. The molecule has 0 radical (unpaired) electrons. The van der Waals surface area contributed by atoms with Gasteiger partial charge in [0.05, 0.1) is 11.8 Å². The largest absolute Gasteiger partial charge is 0.361 e. The predicted molar refractivity (Wildman–Crippen MR) is 96.0 cm³/mol. The summed E-state index contributed by atoms with van der Waals surface area (Å²) in [4.78, 5) is 26.4. The highest BCUT2D eigenvalue weighted by atomic mass is 32.2. The minimum Gasteiger partial charge on any atom is -0.361 e. The van der Waals surface area contributed by atoms with Crippen LogP contribution in [-0.4, -0.2) is 46.0 Å². The first kappa shape index (κ1) is 18.4. The Kier molecular flexibility index (Phi) is 5.61. The summed E-state index contributed by atoms with van der Waals surface area (Å²) in [7, 11) is 1.66. The van der Waals surface area contributed by atoms with Crippen molar-refractivity contribution in [3.05, 3.63) is 53.2 Å². The number of hydrogen-bond acceptors (Lipinski definition) is 5. The van der Waals surface area contributed by atoms with Crippen LogP contribution in [0.1, 0.15) is 17.0 Å². The molecule has 1 aliphatic rings. The number of halogens is 1. The maximum atomic E-state index is 13.8. The van der Waals surface area contributed by atoms with Crippen LogP contribution >= 0.6 is 11.8 Å². The van der Waals surface area contributed by atoms with E-state index in [0.717, 1.165) is 0 Å². The quantitative estimate of drug-likeness (QED) is 0.862. The first-order valence-corrected chi connectivity index (χ1v) is 9.31. The zero-order chi connectivity index (χ0) is 18.7. The van der Waals surface area contributed by atoms with Crippen LogP contribution in [0.15, 0.2) is 34.9 Å². The van der Waals surface area contributed by atoms with Crippen molar-refractivity contribution in [3.8, 4) is 0 Å². The van der Waals surface area contributed by atoms with E-state index in [1.54, 1.807) is 38.2 Å². The molecule has 2 atom stereocenters. The van der Waals surface area contributed by atoms with Crippen LogP contribution in [0.5, 0.6) is 0 Å². The lowest BCUT2D eigenvalue weighted by Gasteiger charge is -2.30. The zero-order valence-electron chi connectivity index (χ0n) is 14.6. The second-order valence-electron chi connectivity index (χ2n) is 6.30. The number of aryl methyl sites for hydroxylation is 1. The lowest BCUT2D eigenvalue weighted by molar-refractivity contribution is -0.135. The number of nitrogens with one attached hydrogen (secondary N) is 1. The van der Waals surface area contributed by atoms with Gasteiger partial charge in [-0.3, -0.25) is 9.59 Å². The number of amides is 2. The monoisotopic (exact) mass is 377 g/mol. The second kappa shape index (κ2) is 7.90. The summed E-state index contributed by atoms with van der Waals surface area (Å²) in [5.74, 6) is 0.385. The van der Waals surface area contributed by atoms with Gasteiger partial charge in [0.2, 0.25) is 11.8 Å².